The molecule has 21 heavy (non-hydrogen) atoms. The lowest BCUT2D eigenvalue weighted by Gasteiger charge is -1.99. The van der Waals surface area contributed by atoms with Crippen LogP contribution in [0.5, 0.6) is 0 Å². The van der Waals surface area contributed by atoms with Crippen molar-refractivity contribution in [3.63, 3.8) is 0 Å². The standard InChI is InChI=1S/C16H15N3O2/c17-12-5-1-10(2-6-12)3-8-15-18-13-7-4-11(16(20)21)9-14(13)19-15/h1-2,4-7,9H,3,8,17H2,(H,18,19)(H,20,21). The van der Waals surface area contributed by atoms with Gasteiger partial charge in [-0.2, -0.15) is 0 Å². The largest absolute Gasteiger partial charge is 0.478 e. The van der Waals surface area contributed by atoms with Gasteiger partial charge in [0.2, 0.25) is 0 Å². The van der Waals surface area contributed by atoms with Gasteiger partial charge in [-0.3, -0.25) is 0 Å². The van der Waals surface area contributed by atoms with Gasteiger partial charge in [-0.05, 0) is 42.3 Å². The highest BCUT2D eigenvalue weighted by atomic mass is 16.4. The van der Waals surface area contributed by atoms with E-state index in [0.29, 0.717) is 0 Å². The van der Waals surface area contributed by atoms with Crippen molar-refractivity contribution in [2.24, 2.45) is 0 Å². The lowest BCUT2D eigenvalue weighted by molar-refractivity contribution is 0.0697. The Labute approximate surface area is 121 Å². The normalized spacial score (nSPS) is 10.9. The van der Waals surface area contributed by atoms with Gasteiger partial charge in [-0.15, -0.1) is 0 Å². The number of anilines is 1. The summed E-state index contributed by atoms with van der Waals surface area (Å²) < 4.78 is 0. The Kier molecular flexibility index (Phi) is 3.31. The Balaban J connectivity index is 1.78. The number of benzene rings is 2. The van der Waals surface area contributed by atoms with Crippen molar-refractivity contribution in [2.45, 2.75) is 12.8 Å². The van der Waals surface area contributed by atoms with E-state index in [1.165, 1.54) is 5.56 Å². The van der Waals surface area contributed by atoms with E-state index in [2.05, 4.69) is 9.97 Å². The quantitative estimate of drug-likeness (QED) is 0.641. The molecule has 1 aromatic heterocycles. The van der Waals surface area contributed by atoms with Crippen LogP contribution in [0.4, 0.5) is 5.69 Å². The molecule has 0 amide bonds. The molecular formula is C16H15N3O2. The van der Waals surface area contributed by atoms with Crippen LogP contribution in [0.2, 0.25) is 0 Å². The molecule has 0 saturated carbocycles. The second kappa shape index (κ2) is 5.28. The molecule has 0 atom stereocenters. The second-order valence-corrected chi connectivity index (χ2v) is 4.96. The Hall–Kier alpha value is -2.82. The SMILES string of the molecule is Nc1ccc(CCc2nc3ccc(C(=O)O)cc3[nH]2)cc1. The molecule has 0 aliphatic rings. The number of hydrogen-bond acceptors (Lipinski definition) is 3. The fraction of sp³-hybridized carbons (Fsp3) is 0.125. The lowest BCUT2D eigenvalue weighted by atomic mass is 10.1. The van der Waals surface area contributed by atoms with Crippen molar-refractivity contribution in [3.8, 4) is 0 Å². The summed E-state index contributed by atoms with van der Waals surface area (Å²) in [5.74, 6) is -0.0840. The van der Waals surface area contributed by atoms with Gasteiger partial charge in [0, 0.05) is 12.1 Å². The van der Waals surface area contributed by atoms with E-state index in [9.17, 15) is 4.79 Å². The number of carboxylic acid groups (broad SMARTS) is 1. The summed E-state index contributed by atoms with van der Waals surface area (Å²) in [5, 5.41) is 8.98. The number of aromatic nitrogens is 2. The maximum absolute atomic E-state index is 10.9. The van der Waals surface area contributed by atoms with Crippen molar-refractivity contribution in [1.82, 2.24) is 9.97 Å². The van der Waals surface area contributed by atoms with Gasteiger partial charge < -0.3 is 15.8 Å². The molecule has 106 valence electrons. The Morgan fingerprint density at radius 2 is 1.90 bits per heavy atom. The van der Waals surface area contributed by atoms with Crippen LogP contribution in [-0.4, -0.2) is 21.0 Å². The molecular weight excluding hydrogens is 266 g/mol. The van der Waals surface area contributed by atoms with Crippen LogP contribution in [0.25, 0.3) is 11.0 Å². The van der Waals surface area contributed by atoms with E-state index < -0.39 is 5.97 Å². The molecule has 1 heterocycles. The van der Waals surface area contributed by atoms with Crippen LogP contribution in [0.15, 0.2) is 42.5 Å². The first-order chi connectivity index (χ1) is 10.1. The van der Waals surface area contributed by atoms with Crippen LogP contribution < -0.4 is 5.73 Å². The number of nitrogens with zero attached hydrogens (tertiary/aromatic N) is 1. The number of hydrogen-bond donors (Lipinski definition) is 3. The zero-order chi connectivity index (χ0) is 14.8. The molecule has 5 heteroatoms. The van der Waals surface area contributed by atoms with Crippen LogP contribution in [-0.2, 0) is 12.8 Å². The smallest absolute Gasteiger partial charge is 0.335 e. The average Bonchev–Trinajstić information content (AvgIpc) is 2.88. The highest BCUT2D eigenvalue weighted by Crippen LogP contribution is 2.15. The summed E-state index contributed by atoms with van der Waals surface area (Å²) >= 11 is 0. The molecule has 4 N–H and O–H groups in total. The van der Waals surface area contributed by atoms with Gasteiger partial charge in [-0.1, -0.05) is 12.1 Å². The minimum Gasteiger partial charge on any atom is -0.478 e. The van der Waals surface area contributed by atoms with Crippen molar-refractivity contribution in [3.05, 3.63) is 59.4 Å². The Morgan fingerprint density at radius 3 is 2.62 bits per heavy atom. The van der Waals surface area contributed by atoms with E-state index >= 15 is 0 Å². The minimum atomic E-state index is -0.935. The summed E-state index contributed by atoms with van der Waals surface area (Å²) in [6, 6.07) is 12.7. The van der Waals surface area contributed by atoms with Crippen LogP contribution in [0, 0.1) is 0 Å². The molecule has 2 aromatic carbocycles. The number of nitrogens with one attached hydrogen (secondary N) is 1. The molecule has 0 spiro atoms. The van der Waals surface area contributed by atoms with E-state index in [1.807, 2.05) is 24.3 Å². The van der Waals surface area contributed by atoms with E-state index in [0.717, 1.165) is 35.4 Å². The minimum absolute atomic E-state index is 0.260. The predicted octanol–water partition coefficient (Wildman–Crippen LogP) is 2.63. The number of nitrogens with two attached hydrogens (primary N) is 1. The van der Waals surface area contributed by atoms with Gasteiger partial charge in [0.1, 0.15) is 5.82 Å². The number of fused-ring (bicyclic) bond motifs is 1. The molecule has 5 nitrogen and oxygen atoms in total. The summed E-state index contributed by atoms with van der Waals surface area (Å²) in [4.78, 5) is 18.6. The molecule has 0 radical (unpaired) electrons. The molecule has 0 unspecified atom stereocenters. The van der Waals surface area contributed by atoms with Gasteiger partial charge in [0.25, 0.3) is 0 Å². The lowest BCUT2D eigenvalue weighted by Crippen LogP contribution is -1.95. The van der Waals surface area contributed by atoms with Crippen LogP contribution in [0.3, 0.4) is 0 Å². The van der Waals surface area contributed by atoms with Crippen molar-refractivity contribution < 1.29 is 9.90 Å². The number of imidazole rings is 1. The number of aryl methyl sites for hydroxylation is 2. The Bertz CT molecular complexity index is 791. The van der Waals surface area contributed by atoms with Crippen LogP contribution >= 0.6 is 0 Å². The fourth-order valence-electron chi connectivity index (χ4n) is 2.26. The van der Waals surface area contributed by atoms with Crippen LogP contribution in [0.1, 0.15) is 21.7 Å². The number of nitrogen functional groups attached to an aromatic ring is 1. The highest BCUT2D eigenvalue weighted by molar-refractivity contribution is 5.92. The third-order valence-corrected chi connectivity index (χ3v) is 3.41. The fourth-order valence-corrected chi connectivity index (χ4v) is 2.26. The molecule has 3 aromatic rings. The number of carboxylic acids is 1. The summed E-state index contributed by atoms with van der Waals surface area (Å²) in [6.45, 7) is 0. The molecule has 0 aliphatic carbocycles. The third kappa shape index (κ3) is 2.86. The summed E-state index contributed by atoms with van der Waals surface area (Å²) in [7, 11) is 0. The highest BCUT2D eigenvalue weighted by Gasteiger charge is 2.07. The number of rotatable bonds is 4. The number of aromatic carboxylic acids is 1. The molecule has 0 fully saturated rings. The van der Waals surface area contributed by atoms with E-state index in [-0.39, 0.29) is 5.56 Å². The van der Waals surface area contributed by atoms with Crippen molar-refractivity contribution in [1.29, 1.82) is 0 Å². The van der Waals surface area contributed by atoms with Gasteiger partial charge >= 0.3 is 5.97 Å². The number of carbonyl (C=O) groups is 1. The van der Waals surface area contributed by atoms with Gasteiger partial charge in [0.15, 0.2) is 0 Å². The maximum Gasteiger partial charge on any atom is 0.335 e. The summed E-state index contributed by atoms with van der Waals surface area (Å²) in [5.41, 5.74) is 9.40. The van der Waals surface area contributed by atoms with Gasteiger partial charge in [0.05, 0.1) is 16.6 Å². The number of H-pyrrole nitrogens is 1. The first kappa shape index (κ1) is 13.2. The number of aromatic amines is 1. The summed E-state index contributed by atoms with van der Waals surface area (Å²) in [6.07, 6.45) is 1.62. The van der Waals surface area contributed by atoms with Gasteiger partial charge in [-0.25, -0.2) is 9.78 Å². The topological polar surface area (TPSA) is 92.0 Å². The molecule has 3 rings (SSSR count). The molecule has 0 saturated heterocycles. The molecule has 0 bridgehead atoms. The van der Waals surface area contributed by atoms with Crippen molar-refractivity contribution >= 4 is 22.7 Å². The maximum atomic E-state index is 10.9. The third-order valence-electron chi connectivity index (χ3n) is 3.41. The average molecular weight is 281 g/mol. The zero-order valence-corrected chi connectivity index (χ0v) is 11.3. The van der Waals surface area contributed by atoms with E-state index in [4.69, 9.17) is 10.8 Å². The predicted molar refractivity (Wildman–Crippen MR) is 81.3 cm³/mol. The zero-order valence-electron chi connectivity index (χ0n) is 11.3. The first-order valence-electron chi connectivity index (χ1n) is 6.68. The molecule has 0 aliphatic heterocycles. The van der Waals surface area contributed by atoms with Crippen molar-refractivity contribution in [2.75, 3.05) is 5.73 Å². The van der Waals surface area contributed by atoms with E-state index in [1.54, 1.807) is 18.2 Å². The monoisotopic (exact) mass is 281 g/mol. The first-order valence-corrected chi connectivity index (χ1v) is 6.68. The second-order valence-electron chi connectivity index (χ2n) is 4.96. The Morgan fingerprint density at radius 1 is 1.14 bits per heavy atom.